The van der Waals surface area contributed by atoms with Gasteiger partial charge in [0, 0.05) is 16.9 Å². The minimum Gasteiger partial charge on any atom is -0.264 e. The molecule has 15 heavy (non-hydrogen) atoms. The molecule has 0 atom stereocenters. The Balaban J connectivity index is 2.15. The van der Waals surface area contributed by atoms with Gasteiger partial charge in [0.2, 0.25) is 0 Å². The van der Waals surface area contributed by atoms with E-state index in [4.69, 9.17) is 0 Å². The highest BCUT2D eigenvalue weighted by atomic mass is 79.9. The van der Waals surface area contributed by atoms with Crippen LogP contribution in [-0.4, -0.2) is 4.98 Å². The Morgan fingerprint density at radius 3 is 2.33 bits per heavy atom. The lowest BCUT2D eigenvalue weighted by Crippen LogP contribution is -1.74. The smallest absolute Gasteiger partial charge is 0.0340 e. The Bertz CT molecular complexity index is 446. The maximum absolute atomic E-state index is 4.05. The molecule has 0 unspecified atom stereocenters. The first-order valence-electron chi connectivity index (χ1n) is 4.68. The van der Waals surface area contributed by atoms with E-state index in [0.717, 1.165) is 10.0 Å². The molecule has 0 saturated heterocycles. The number of aromatic nitrogens is 1. The first-order chi connectivity index (χ1) is 7.34. The summed E-state index contributed by atoms with van der Waals surface area (Å²) in [6.07, 6.45) is 7.74. The third kappa shape index (κ3) is 3.03. The summed E-state index contributed by atoms with van der Waals surface area (Å²) in [4.78, 5) is 4.05. The summed E-state index contributed by atoms with van der Waals surface area (Å²) >= 11 is 3.41. The van der Waals surface area contributed by atoms with Crippen molar-refractivity contribution in [3.05, 3.63) is 64.4 Å². The van der Waals surface area contributed by atoms with Crippen LogP contribution in [0.25, 0.3) is 12.2 Å². The van der Waals surface area contributed by atoms with Crippen LogP contribution in [0, 0.1) is 0 Å². The molecule has 2 heteroatoms. The molecule has 0 N–H and O–H groups in total. The van der Waals surface area contributed by atoms with Crippen molar-refractivity contribution in [2.75, 3.05) is 0 Å². The van der Waals surface area contributed by atoms with Crippen molar-refractivity contribution in [2.45, 2.75) is 0 Å². The summed E-state index contributed by atoms with van der Waals surface area (Å²) in [6.45, 7) is 0. The predicted octanol–water partition coefficient (Wildman–Crippen LogP) is 4.01. The van der Waals surface area contributed by atoms with Gasteiger partial charge in [-0.1, -0.05) is 46.3 Å². The van der Waals surface area contributed by atoms with Gasteiger partial charge in [0.15, 0.2) is 0 Å². The summed E-state index contributed by atoms with van der Waals surface area (Å²) in [7, 11) is 0. The van der Waals surface area contributed by atoms with Crippen molar-refractivity contribution in [3.63, 3.8) is 0 Å². The van der Waals surface area contributed by atoms with E-state index in [-0.39, 0.29) is 0 Å². The van der Waals surface area contributed by atoms with Crippen LogP contribution >= 0.6 is 15.9 Å². The second-order valence-electron chi connectivity index (χ2n) is 3.17. The van der Waals surface area contributed by atoms with E-state index >= 15 is 0 Å². The van der Waals surface area contributed by atoms with Gasteiger partial charge in [0.25, 0.3) is 0 Å². The fourth-order valence-corrected chi connectivity index (χ4v) is 1.51. The lowest BCUT2D eigenvalue weighted by atomic mass is 10.2. The maximum atomic E-state index is 4.05. The van der Waals surface area contributed by atoms with Gasteiger partial charge >= 0.3 is 0 Å². The van der Waals surface area contributed by atoms with Crippen LogP contribution in [0.3, 0.4) is 0 Å². The van der Waals surface area contributed by atoms with E-state index in [2.05, 4.69) is 45.2 Å². The van der Waals surface area contributed by atoms with Crippen molar-refractivity contribution >= 4 is 28.1 Å². The Hall–Kier alpha value is -1.41. The molecule has 2 aromatic rings. The lowest BCUT2D eigenvalue weighted by molar-refractivity contribution is 1.32. The first kappa shape index (κ1) is 10.1. The quantitative estimate of drug-likeness (QED) is 0.794. The Labute approximate surface area is 97.6 Å². The third-order valence-corrected chi connectivity index (χ3v) is 2.55. The summed E-state index contributed by atoms with van der Waals surface area (Å²) in [5, 5.41) is 0. The summed E-state index contributed by atoms with van der Waals surface area (Å²) < 4.78 is 1.10. The average Bonchev–Trinajstić information content (AvgIpc) is 2.30. The minimum absolute atomic E-state index is 1.10. The fraction of sp³-hybridized carbons (Fsp3) is 0. The average molecular weight is 260 g/mol. The normalized spacial score (nSPS) is 10.7. The van der Waals surface area contributed by atoms with E-state index in [1.54, 1.807) is 6.20 Å². The van der Waals surface area contributed by atoms with E-state index in [0.29, 0.717) is 0 Å². The van der Waals surface area contributed by atoms with Gasteiger partial charge < -0.3 is 0 Å². The molecule has 74 valence electrons. The largest absolute Gasteiger partial charge is 0.264 e. The van der Waals surface area contributed by atoms with Gasteiger partial charge in [-0.05, 0) is 29.3 Å². The summed E-state index contributed by atoms with van der Waals surface area (Å²) in [5.74, 6) is 0. The van der Waals surface area contributed by atoms with Gasteiger partial charge in [-0.2, -0.15) is 0 Å². The van der Waals surface area contributed by atoms with Gasteiger partial charge in [0.05, 0.1) is 0 Å². The standard InChI is InChI=1S/C13H10BrN/c14-13-7-5-11(6-8-13)3-4-12-2-1-9-15-10-12/h1-10H/b4-3+. The predicted molar refractivity (Wildman–Crippen MR) is 67.3 cm³/mol. The Morgan fingerprint density at radius 2 is 1.67 bits per heavy atom. The molecule has 0 fully saturated rings. The zero-order valence-corrected chi connectivity index (χ0v) is 9.68. The van der Waals surface area contributed by atoms with Crippen molar-refractivity contribution in [3.8, 4) is 0 Å². The molecule has 0 aliphatic heterocycles. The molecule has 2 rings (SSSR count). The minimum atomic E-state index is 1.10. The molecule has 1 heterocycles. The molecule has 0 aliphatic rings. The Kier molecular flexibility index (Phi) is 3.30. The zero-order chi connectivity index (χ0) is 10.5. The molecule has 0 aliphatic carbocycles. The molecular weight excluding hydrogens is 250 g/mol. The highest BCUT2D eigenvalue weighted by Gasteiger charge is 1.88. The van der Waals surface area contributed by atoms with Crippen molar-refractivity contribution in [1.29, 1.82) is 0 Å². The summed E-state index contributed by atoms with van der Waals surface area (Å²) in [6, 6.07) is 12.2. The van der Waals surface area contributed by atoms with Crippen LogP contribution in [-0.2, 0) is 0 Å². The SMILES string of the molecule is Brc1ccc(/C=C/c2cccnc2)cc1. The van der Waals surface area contributed by atoms with Crippen LogP contribution in [0.15, 0.2) is 53.3 Å². The van der Waals surface area contributed by atoms with Gasteiger partial charge in [-0.3, -0.25) is 4.98 Å². The molecule has 0 bridgehead atoms. The molecule has 0 spiro atoms. The van der Waals surface area contributed by atoms with Crippen molar-refractivity contribution in [1.82, 2.24) is 4.98 Å². The van der Waals surface area contributed by atoms with Crippen LogP contribution < -0.4 is 0 Å². The van der Waals surface area contributed by atoms with Crippen LogP contribution in [0.4, 0.5) is 0 Å². The number of hydrogen-bond donors (Lipinski definition) is 0. The molecule has 1 nitrogen and oxygen atoms in total. The van der Waals surface area contributed by atoms with Crippen molar-refractivity contribution < 1.29 is 0 Å². The first-order valence-corrected chi connectivity index (χ1v) is 5.47. The number of hydrogen-bond acceptors (Lipinski definition) is 1. The highest BCUT2D eigenvalue weighted by molar-refractivity contribution is 9.10. The zero-order valence-electron chi connectivity index (χ0n) is 8.10. The molecule has 0 saturated carbocycles. The molecule has 0 amide bonds. The molecule has 1 aromatic carbocycles. The number of benzene rings is 1. The molecular formula is C13H10BrN. The van der Waals surface area contributed by atoms with E-state index in [9.17, 15) is 0 Å². The van der Waals surface area contributed by atoms with Crippen LogP contribution in [0.5, 0.6) is 0 Å². The van der Waals surface area contributed by atoms with Gasteiger partial charge in [0.1, 0.15) is 0 Å². The van der Waals surface area contributed by atoms with E-state index in [1.165, 1.54) is 5.56 Å². The topological polar surface area (TPSA) is 12.9 Å². The second kappa shape index (κ2) is 4.89. The molecule has 1 aromatic heterocycles. The number of nitrogens with zero attached hydrogens (tertiary/aromatic N) is 1. The molecule has 0 radical (unpaired) electrons. The van der Waals surface area contributed by atoms with Crippen LogP contribution in [0.2, 0.25) is 0 Å². The third-order valence-electron chi connectivity index (χ3n) is 2.02. The number of rotatable bonds is 2. The van der Waals surface area contributed by atoms with Gasteiger partial charge in [-0.25, -0.2) is 0 Å². The fourth-order valence-electron chi connectivity index (χ4n) is 1.24. The lowest BCUT2D eigenvalue weighted by Gasteiger charge is -1.94. The number of halogens is 1. The second-order valence-corrected chi connectivity index (χ2v) is 4.09. The summed E-state index contributed by atoms with van der Waals surface area (Å²) in [5.41, 5.74) is 2.29. The maximum Gasteiger partial charge on any atom is 0.0340 e. The van der Waals surface area contributed by atoms with Gasteiger partial charge in [-0.15, -0.1) is 0 Å². The van der Waals surface area contributed by atoms with E-state index < -0.39 is 0 Å². The highest BCUT2D eigenvalue weighted by Crippen LogP contribution is 2.12. The Morgan fingerprint density at radius 1 is 0.933 bits per heavy atom. The monoisotopic (exact) mass is 259 g/mol. The van der Waals surface area contributed by atoms with Crippen LogP contribution in [0.1, 0.15) is 11.1 Å². The van der Waals surface area contributed by atoms with Crippen molar-refractivity contribution in [2.24, 2.45) is 0 Å². The van der Waals surface area contributed by atoms with E-state index in [1.807, 2.05) is 30.5 Å². The number of pyridine rings is 1.